The van der Waals surface area contributed by atoms with Gasteiger partial charge in [0, 0.05) is 27.4 Å². The normalized spacial score (nSPS) is 12.2. The first-order valence-electron chi connectivity index (χ1n) is 6.41. The third-order valence-corrected chi connectivity index (χ3v) is 4.88. The fourth-order valence-corrected chi connectivity index (χ4v) is 3.28. The molecule has 5 heteroatoms. The first-order valence-corrected chi connectivity index (χ1v) is 8.19. The van der Waals surface area contributed by atoms with E-state index in [4.69, 9.17) is 10.5 Å². The van der Waals surface area contributed by atoms with Crippen LogP contribution in [0.5, 0.6) is 5.75 Å². The number of benzene rings is 1. The predicted molar refractivity (Wildman–Crippen MR) is 87.2 cm³/mol. The molecule has 2 aromatic rings. The van der Waals surface area contributed by atoms with Crippen LogP contribution in [0.2, 0.25) is 0 Å². The van der Waals surface area contributed by atoms with Gasteiger partial charge in [0.05, 0.1) is 12.8 Å². The molecule has 1 heterocycles. The van der Waals surface area contributed by atoms with Gasteiger partial charge in [0.25, 0.3) is 0 Å². The quantitative estimate of drug-likeness (QED) is 0.797. The van der Waals surface area contributed by atoms with Crippen molar-refractivity contribution in [3.63, 3.8) is 0 Å². The van der Waals surface area contributed by atoms with Crippen molar-refractivity contribution in [2.45, 2.75) is 17.9 Å². The van der Waals surface area contributed by atoms with Gasteiger partial charge in [-0.3, -0.25) is 4.98 Å². The van der Waals surface area contributed by atoms with Crippen molar-refractivity contribution in [1.82, 2.24) is 4.98 Å². The number of halogens is 1. The molecule has 1 aromatic heterocycles. The summed E-state index contributed by atoms with van der Waals surface area (Å²) in [5, 5.41) is 0. The second-order valence-electron chi connectivity index (χ2n) is 4.23. The summed E-state index contributed by atoms with van der Waals surface area (Å²) in [6, 6.07) is 10.0. The zero-order chi connectivity index (χ0) is 14.4. The lowest BCUT2D eigenvalue weighted by Crippen LogP contribution is -2.13. The molecule has 1 atom stereocenters. The fraction of sp³-hybridized carbons (Fsp3) is 0.267. The Bertz CT molecular complexity index is 565. The SMILES string of the molecule is CCOc1cncc(C(N)CSc2ccccc2Br)c1. The lowest BCUT2D eigenvalue weighted by molar-refractivity contribution is 0.338. The summed E-state index contributed by atoms with van der Waals surface area (Å²) in [7, 11) is 0. The van der Waals surface area contributed by atoms with E-state index in [1.807, 2.05) is 31.2 Å². The van der Waals surface area contributed by atoms with Gasteiger partial charge in [-0.1, -0.05) is 12.1 Å². The van der Waals surface area contributed by atoms with Crippen molar-refractivity contribution in [2.24, 2.45) is 5.73 Å². The maximum absolute atomic E-state index is 6.23. The van der Waals surface area contributed by atoms with Gasteiger partial charge in [0.1, 0.15) is 5.75 Å². The van der Waals surface area contributed by atoms with Crippen LogP contribution in [0, 0.1) is 0 Å². The Morgan fingerprint density at radius 2 is 2.15 bits per heavy atom. The van der Waals surface area contributed by atoms with Crippen molar-refractivity contribution in [3.05, 3.63) is 52.8 Å². The van der Waals surface area contributed by atoms with E-state index in [9.17, 15) is 0 Å². The summed E-state index contributed by atoms with van der Waals surface area (Å²) in [6.07, 6.45) is 3.51. The van der Waals surface area contributed by atoms with E-state index < -0.39 is 0 Å². The number of nitrogens with two attached hydrogens (primary N) is 1. The molecular weight excluding hydrogens is 336 g/mol. The van der Waals surface area contributed by atoms with E-state index in [0.717, 1.165) is 21.5 Å². The molecule has 0 aliphatic carbocycles. The zero-order valence-electron chi connectivity index (χ0n) is 11.3. The van der Waals surface area contributed by atoms with E-state index in [1.54, 1.807) is 24.2 Å². The van der Waals surface area contributed by atoms with Crippen LogP contribution < -0.4 is 10.5 Å². The Labute approximate surface area is 132 Å². The first kappa shape index (κ1) is 15.4. The number of aromatic nitrogens is 1. The number of rotatable bonds is 6. The van der Waals surface area contributed by atoms with Crippen LogP contribution in [0.1, 0.15) is 18.5 Å². The lowest BCUT2D eigenvalue weighted by atomic mass is 10.1. The molecule has 0 aliphatic rings. The number of ether oxygens (including phenoxy) is 1. The van der Waals surface area contributed by atoms with Crippen molar-refractivity contribution in [2.75, 3.05) is 12.4 Å². The number of hydrogen-bond donors (Lipinski definition) is 1. The third-order valence-electron chi connectivity index (χ3n) is 2.73. The Hall–Kier alpha value is -1.04. The minimum Gasteiger partial charge on any atom is -0.492 e. The number of nitrogens with zero attached hydrogens (tertiary/aromatic N) is 1. The van der Waals surface area contributed by atoms with Crippen LogP contribution in [-0.4, -0.2) is 17.3 Å². The average molecular weight is 353 g/mol. The Morgan fingerprint density at radius 1 is 1.35 bits per heavy atom. The van der Waals surface area contributed by atoms with Gasteiger partial charge in [-0.2, -0.15) is 0 Å². The molecule has 0 radical (unpaired) electrons. The summed E-state index contributed by atoms with van der Waals surface area (Å²) in [5.41, 5.74) is 7.22. The van der Waals surface area contributed by atoms with Crippen molar-refractivity contribution in [3.8, 4) is 5.75 Å². The minimum atomic E-state index is -0.0694. The third kappa shape index (κ3) is 4.23. The summed E-state index contributed by atoms with van der Waals surface area (Å²) >= 11 is 5.27. The maximum Gasteiger partial charge on any atom is 0.137 e. The van der Waals surface area contributed by atoms with Crippen LogP contribution in [0.4, 0.5) is 0 Å². The van der Waals surface area contributed by atoms with Gasteiger partial charge in [0.2, 0.25) is 0 Å². The minimum absolute atomic E-state index is 0.0694. The molecule has 0 spiro atoms. The number of pyridine rings is 1. The van der Waals surface area contributed by atoms with Crippen LogP contribution in [0.3, 0.4) is 0 Å². The first-order chi connectivity index (χ1) is 9.70. The molecule has 0 amide bonds. The largest absolute Gasteiger partial charge is 0.492 e. The molecule has 1 aromatic carbocycles. The topological polar surface area (TPSA) is 48.1 Å². The van der Waals surface area contributed by atoms with Gasteiger partial charge in [-0.15, -0.1) is 11.8 Å². The Balaban J connectivity index is 1.99. The van der Waals surface area contributed by atoms with E-state index in [0.29, 0.717) is 6.61 Å². The molecule has 1 unspecified atom stereocenters. The predicted octanol–water partition coefficient (Wildman–Crippen LogP) is 4.03. The average Bonchev–Trinajstić information content (AvgIpc) is 2.47. The van der Waals surface area contributed by atoms with Crippen molar-refractivity contribution >= 4 is 27.7 Å². The second-order valence-corrected chi connectivity index (χ2v) is 6.15. The van der Waals surface area contributed by atoms with Gasteiger partial charge in [-0.25, -0.2) is 0 Å². The fourth-order valence-electron chi connectivity index (χ4n) is 1.72. The molecule has 0 bridgehead atoms. The van der Waals surface area contributed by atoms with Crippen LogP contribution in [-0.2, 0) is 0 Å². The van der Waals surface area contributed by atoms with E-state index in [-0.39, 0.29) is 6.04 Å². The van der Waals surface area contributed by atoms with Crippen LogP contribution >= 0.6 is 27.7 Å². The van der Waals surface area contributed by atoms with Gasteiger partial charge in [-0.05, 0) is 46.6 Å². The number of thioether (sulfide) groups is 1. The Kier molecular flexibility index (Phi) is 5.88. The lowest BCUT2D eigenvalue weighted by Gasteiger charge is -2.13. The molecule has 0 saturated heterocycles. The highest BCUT2D eigenvalue weighted by Crippen LogP contribution is 2.30. The standard InChI is InChI=1S/C15H17BrN2OS/c1-2-19-12-7-11(8-18-9-12)14(17)10-20-15-6-4-3-5-13(15)16/h3-9,14H,2,10,17H2,1H3. The molecule has 0 saturated carbocycles. The number of hydrogen-bond acceptors (Lipinski definition) is 4. The van der Waals surface area contributed by atoms with Crippen LogP contribution in [0.25, 0.3) is 0 Å². The molecular formula is C15H17BrN2OS. The summed E-state index contributed by atoms with van der Waals surface area (Å²) in [4.78, 5) is 5.36. The van der Waals surface area contributed by atoms with E-state index in [1.165, 1.54) is 4.90 Å². The molecule has 20 heavy (non-hydrogen) atoms. The summed E-state index contributed by atoms with van der Waals surface area (Å²) in [5.74, 6) is 1.56. The van der Waals surface area contributed by atoms with E-state index in [2.05, 4.69) is 27.0 Å². The molecule has 0 fully saturated rings. The highest BCUT2D eigenvalue weighted by atomic mass is 79.9. The van der Waals surface area contributed by atoms with Gasteiger partial charge < -0.3 is 10.5 Å². The smallest absolute Gasteiger partial charge is 0.137 e. The molecule has 3 nitrogen and oxygen atoms in total. The van der Waals surface area contributed by atoms with Crippen molar-refractivity contribution in [1.29, 1.82) is 0 Å². The van der Waals surface area contributed by atoms with Crippen molar-refractivity contribution < 1.29 is 4.74 Å². The highest BCUT2D eigenvalue weighted by Gasteiger charge is 2.09. The molecule has 106 valence electrons. The molecule has 2 N–H and O–H groups in total. The molecule has 0 aliphatic heterocycles. The van der Waals surface area contributed by atoms with Gasteiger partial charge in [0.15, 0.2) is 0 Å². The molecule has 2 rings (SSSR count). The van der Waals surface area contributed by atoms with Gasteiger partial charge >= 0.3 is 0 Å². The van der Waals surface area contributed by atoms with Crippen LogP contribution in [0.15, 0.2) is 52.1 Å². The summed E-state index contributed by atoms with van der Waals surface area (Å²) in [6.45, 7) is 2.58. The second kappa shape index (κ2) is 7.67. The van der Waals surface area contributed by atoms with E-state index >= 15 is 0 Å². The zero-order valence-corrected chi connectivity index (χ0v) is 13.7. The highest BCUT2D eigenvalue weighted by molar-refractivity contribution is 9.10. The monoisotopic (exact) mass is 352 g/mol. The Morgan fingerprint density at radius 3 is 2.90 bits per heavy atom. The summed E-state index contributed by atoms with van der Waals surface area (Å²) < 4.78 is 6.54. The maximum atomic E-state index is 6.23.